The average Bonchev–Trinajstić information content (AvgIpc) is 2.52. The molecule has 7 heteroatoms. The van der Waals surface area contributed by atoms with Gasteiger partial charge in [0.05, 0.1) is 22.5 Å². The number of benzene rings is 1. The van der Waals surface area contributed by atoms with E-state index in [2.05, 4.69) is 20.8 Å². The first-order chi connectivity index (χ1) is 10.2. The van der Waals surface area contributed by atoms with Crippen molar-refractivity contribution < 1.29 is 4.79 Å². The van der Waals surface area contributed by atoms with E-state index in [9.17, 15) is 14.4 Å². The van der Waals surface area contributed by atoms with Gasteiger partial charge in [0.25, 0.3) is 11.1 Å². The van der Waals surface area contributed by atoms with Crippen molar-refractivity contribution in [2.45, 2.75) is 25.3 Å². The van der Waals surface area contributed by atoms with Crippen LogP contribution >= 0.6 is 0 Å². The molecule has 1 fully saturated rings. The summed E-state index contributed by atoms with van der Waals surface area (Å²) in [7, 11) is 0. The van der Waals surface area contributed by atoms with E-state index in [1.54, 1.807) is 18.2 Å². The fraction of sp³-hybridized carbons (Fsp3) is 0.357. The number of rotatable bonds is 2. The number of hydrogen-bond acceptors (Lipinski definition) is 4. The van der Waals surface area contributed by atoms with Crippen molar-refractivity contribution in [1.82, 2.24) is 15.5 Å². The molecule has 0 saturated carbocycles. The molecule has 2 aromatic rings. The van der Waals surface area contributed by atoms with Crippen LogP contribution in [0.25, 0.3) is 10.8 Å². The number of piperidine rings is 1. The molecule has 0 radical (unpaired) electrons. The van der Waals surface area contributed by atoms with Crippen LogP contribution in [0.4, 0.5) is 5.69 Å². The van der Waals surface area contributed by atoms with Crippen LogP contribution in [0.3, 0.4) is 0 Å². The minimum Gasteiger partial charge on any atom is -0.324 e. The van der Waals surface area contributed by atoms with Crippen molar-refractivity contribution in [1.29, 1.82) is 0 Å². The topological polar surface area (TPSA) is 107 Å². The number of anilines is 1. The molecule has 1 aromatic carbocycles. The van der Waals surface area contributed by atoms with Crippen LogP contribution in [-0.2, 0) is 4.79 Å². The SMILES string of the molecule is O=C(Nc1cccc2c(=O)[nH][nH]c(=O)c12)[C@H]1CCCCN1. The smallest absolute Gasteiger partial charge is 0.272 e. The van der Waals surface area contributed by atoms with Gasteiger partial charge in [0.1, 0.15) is 0 Å². The normalized spacial score (nSPS) is 18.6. The Bertz CT molecular complexity index is 787. The summed E-state index contributed by atoms with van der Waals surface area (Å²) in [5.74, 6) is -0.179. The second-order valence-corrected chi connectivity index (χ2v) is 5.13. The first kappa shape index (κ1) is 13.6. The number of H-pyrrole nitrogens is 2. The summed E-state index contributed by atoms with van der Waals surface area (Å²) >= 11 is 0. The van der Waals surface area contributed by atoms with Crippen molar-refractivity contribution in [3.8, 4) is 0 Å². The summed E-state index contributed by atoms with van der Waals surface area (Å²) < 4.78 is 0. The summed E-state index contributed by atoms with van der Waals surface area (Å²) in [6, 6.07) is 4.56. The summed E-state index contributed by atoms with van der Waals surface area (Å²) in [6.45, 7) is 0.813. The van der Waals surface area contributed by atoms with Gasteiger partial charge in [-0.2, -0.15) is 0 Å². The van der Waals surface area contributed by atoms with E-state index in [4.69, 9.17) is 0 Å². The van der Waals surface area contributed by atoms with Gasteiger partial charge < -0.3 is 10.6 Å². The van der Waals surface area contributed by atoms with Gasteiger partial charge in [-0.3, -0.25) is 24.6 Å². The van der Waals surface area contributed by atoms with E-state index in [0.717, 1.165) is 25.8 Å². The lowest BCUT2D eigenvalue weighted by molar-refractivity contribution is -0.118. The number of fused-ring (bicyclic) bond motifs is 1. The maximum atomic E-state index is 12.2. The summed E-state index contributed by atoms with van der Waals surface area (Å²) in [4.78, 5) is 35.9. The van der Waals surface area contributed by atoms with Crippen LogP contribution in [-0.4, -0.2) is 28.7 Å². The molecule has 0 bridgehead atoms. The zero-order valence-electron chi connectivity index (χ0n) is 11.4. The molecular weight excluding hydrogens is 272 g/mol. The molecule has 1 aliphatic heterocycles. The van der Waals surface area contributed by atoms with Gasteiger partial charge in [-0.15, -0.1) is 0 Å². The molecule has 0 spiro atoms. The number of carbonyl (C=O) groups is 1. The molecule has 1 saturated heterocycles. The largest absolute Gasteiger partial charge is 0.324 e. The van der Waals surface area contributed by atoms with Gasteiger partial charge in [-0.25, -0.2) is 0 Å². The van der Waals surface area contributed by atoms with Crippen molar-refractivity contribution >= 4 is 22.4 Å². The van der Waals surface area contributed by atoms with Crippen molar-refractivity contribution in [2.24, 2.45) is 0 Å². The van der Waals surface area contributed by atoms with Crippen LogP contribution in [0.2, 0.25) is 0 Å². The molecule has 4 N–H and O–H groups in total. The number of aromatic nitrogens is 2. The first-order valence-corrected chi connectivity index (χ1v) is 6.95. The highest BCUT2D eigenvalue weighted by Gasteiger charge is 2.21. The standard InChI is InChI=1S/C14H16N4O3/c19-12-8-4-3-6-9(11(8)14(21)18-17-12)16-13(20)10-5-1-2-7-15-10/h3-4,6,10,15H,1-2,5,7H2,(H,16,20)(H,17,19)(H,18,21)/t10-/m1/s1. The predicted octanol–water partition coefficient (Wildman–Crippen LogP) is 0.297. The lowest BCUT2D eigenvalue weighted by Gasteiger charge is -2.22. The monoisotopic (exact) mass is 288 g/mol. The minimum absolute atomic E-state index is 0.179. The number of amides is 1. The third-order valence-corrected chi connectivity index (χ3v) is 3.71. The Hall–Kier alpha value is -2.41. The number of nitrogens with one attached hydrogen (secondary N) is 4. The molecule has 1 atom stereocenters. The highest BCUT2D eigenvalue weighted by molar-refractivity contribution is 6.03. The maximum absolute atomic E-state index is 12.2. The highest BCUT2D eigenvalue weighted by atomic mass is 16.2. The minimum atomic E-state index is -0.433. The van der Waals surface area contributed by atoms with Gasteiger partial charge in [0.15, 0.2) is 0 Å². The second-order valence-electron chi connectivity index (χ2n) is 5.13. The van der Waals surface area contributed by atoms with Crippen LogP contribution < -0.4 is 21.8 Å². The van der Waals surface area contributed by atoms with Gasteiger partial charge in [0, 0.05) is 0 Å². The van der Waals surface area contributed by atoms with E-state index < -0.39 is 11.1 Å². The Morgan fingerprint density at radius 2 is 1.95 bits per heavy atom. The quantitative estimate of drug-likeness (QED) is 0.637. The van der Waals surface area contributed by atoms with Crippen molar-refractivity contribution in [2.75, 3.05) is 11.9 Å². The van der Waals surface area contributed by atoms with E-state index >= 15 is 0 Å². The fourth-order valence-corrected chi connectivity index (χ4v) is 2.63. The molecule has 21 heavy (non-hydrogen) atoms. The zero-order chi connectivity index (χ0) is 14.8. The Labute approximate surface area is 119 Å². The van der Waals surface area contributed by atoms with E-state index in [0.29, 0.717) is 5.69 Å². The van der Waals surface area contributed by atoms with Crippen LogP contribution in [0.5, 0.6) is 0 Å². The Morgan fingerprint density at radius 3 is 2.71 bits per heavy atom. The molecule has 0 unspecified atom stereocenters. The third-order valence-electron chi connectivity index (χ3n) is 3.71. The van der Waals surface area contributed by atoms with E-state index in [1.807, 2.05) is 0 Å². The number of hydrogen-bond donors (Lipinski definition) is 4. The van der Waals surface area contributed by atoms with Crippen molar-refractivity contribution in [3.63, 3.8) is 0 Å². The Morgan fingerprint density at radius 1 is 1.14 bits per heavy atom. The van der Waals surface area contributed by atoms with Gasteiger partial charge >= 0.3 is 0 Å². The molecule has 0 aliphatic carbocycles. The van der Waals surface area contributed by atoms with Gasteiger partial charge in [-0.05, 0) is 31.5 Å². The summed E-state index contributed by atoms with van der Waals surface area (Å²) in [5, 5.41) is 10.9. The summed E-state index contributed by atoms with van der Waals surface area (Å²) in [6.07, 6.45) is 2.83. The molecule has 1 aromatic heterocycles. The van der Waals surface area contributed by atoms with E-state index in [1.165, 1.54) is 0 Å². The fourth-order valence-electron chi connectivity index (χ4n) is 2.63. The second kappa shape index (κ2) is 5.53. The molecule has 1 amide bonds. The Balaban J connectivity index is 1.97. The predicted molar refractivity (Wildman–Crippen MR) is 79.5 cm³/mol. The zero-order valence-corrected chi connectivity index (χ0v) is 11.4. The van der Waals surface area contributed by atoms with Crippen LogP contribution in [0.15, 0.2) is 27.8 Å². The van der Waals surface area contributed by atoms with Crippen molar-refractivity contribution in [3.05, 3.63) is 38.9 Å². The molecule has 110 valence electrons. The first-order valence-electron chi connectivity index (χ1n) is 6.95. The molecular formula is C14H16N4O3. The number of aromatic amines is 2. The molecule has 1 aliphatic rings. The lowest BCUT2D eigenvalue weighted by atomic mass is 10.0. The third kappa shape index (κ3) is 2.59. The highest BCUT2D eigenvalue weighted by Crippen LogP contribution is 2.18. The Kier molecular flexibility index (Phi) is 3.57. The number of carbonyl (C=O) groups excluding carboxylic acids is 1. The van der Waals surface area contributed by atoms with Crippen LogP contribution in [0, 0.1) is 0 Å². The van der Waals surface area contributed by atoms with E-state index in [-0.39, 0.29) is 22.7 Å². The molecule has 2 heterocycles. The summed E-state index contributed by atoms with van der Waals surface area (Å²) in [5.41, 5.74) is -0.467. The van der Waals surface area contributed by atoms with Gasteiger partial charge in [-0.1, -0.05) is 12.5 Å². The van der Waals surface area contributed by atoms with Gasteiger partial charge in [0.2, 0.25) is 5.91 Å². The average molecular weight is 288 g/mol. The molecule has 7 nitrogen and oxygen atoms in total. The van der Waals surface area contributed by atoms with Crippen LogP contribution in [0.1, 0.15) is 19.3 Å². The molecule has 3 rings (SSSR count). The lowest BCUT2D eigenvalue weighted by Crippen LogP contribution is -2.43. The maximum Gasteiger partial charge on any atom is 0.272 e.